The summed E-state index contributed by atoms with van der Waals surface area (Å²) < 4.78 is 0. The normalized spacial score (nSPS) is 21.3. The third-order valence-corrected chi connectivity index (χ3v) is 4.32. The summed E-state index contributed by atoms with van der Waals surface area (Å²) in [7, 11) is 0. The van der Waals surface area contributed by atoms with Crippen molar-refractivity contribution in [3.8, 4) is 0 Å². The number of hydrogen-bond acceptors (Lipinski definition) is 3. The maximum Gasteiger partial charge on any atom is 0.124 e. The number of benzene rings is 1. The van der Waals surface area contributed by atoms with Crippen molar-refractivity contribution in [2.45, 2.75) is 38.8 Å². The minimum Gasteiger partial charge on any atom is -0.364 e. The summed E-state index contributed by atoms with van der Waals surface area (Å²) in [6.07, 6.45) is 7.05. The zero-order chi connectivity index (χ0) is 13.9. The van der Waals surface area contributed by atoms with Crippen molar-refractivity contribution in [3.05, 3.63) is 48.2 Å². The van der Waals surface area contributed by atoms with Crippen LogP contribution < -0.4 is 5.32 Å². The van der Waals surface area contributed by atoms with Crippen LogP contribution in [0.1, 0.15) is 38.3 Å². The third-order valence-electron chi connectivity index (χ3n) is 4.32. The van der Waals surface area contributed by atoms with Gasteiger partial charge < -0.3 is 10.2 Å². The van der Waals surface area contributed by atoms with Gasteiger partial charge in [-0.05, 0) is 44.2 Å². The fraction of sp³-hybridized carbons (Fsp3) is 0.471. The molecule has 0 bridgehead atoms. The Morgan fingerprint density at radius 2 is 1.95 bits per heavy atom. The highest BCUT2D eigenvalue weighted by molar-refractivity contribution is 5.93. The van der Waals surface area contributed by atoms with Crippen molar-refractivity contribution in [1.29, 1.82) is 0 Å². The van der Waals surface area contributed by atoms with E-state index < -0.39 is 0 Å². The van der Waals surface area contributed by atoms with Gasteiger partial charge in [-0.2, -0.15) is 0 Å². The third kappa shape index (κ3) is 3.03. The van der Waals surface area contributed by atoms with E-state index in [0.717, 1.165) is 18.4 Å². The molecular formula is C17H23N3. The Morgan fingerprint density at radius 1 is 1.20 bits per heavy atom. The maximum atomic E-state index is 4.65. The lowest BCUT2D eigenvalue weighted by Crippen LogP contribution is -2.35. The van der Waals surface area contributed by atoms with Crippen LogP contribution in [0.5, 0.6) is 0 Å². The Kier molecular flexibility index (Phi) is 3.77. The van der Waals surface area contributed by atoms with E-state index in [1.165, 1.54) is 18.4 Å². The van der Waals surface area contributed by atoms with Crippen molar-refractivity contribution in [2.75, 3.05) is 6.67 Å². The summed E-state index contributed by atoms with van der Waals surface area (Å²) in [6.45, 7) is 5.26. The fourth-order valence-electron chi connectivity index (χ4n) is 2.68. The first kappa shape index (κ1) is 13.2. The lowest BCUT2D eigenvalue weighted by Gasteiger charge is -2.29. The molecule has 0 saturated heterocycles. The highest BCUT2D eigenvalue weighted by atomic mass is 15.2. The van der Waals surface area contributed by atoms with Crippen molar-refractivity contribution in [1.82, 2.24) is 10.2 Å². The van der Waals surface area contributed by atoms with Gasteiger partial charge in [0.05, 0.1) is 0 Å². The predicted octanol–water partition coefficient (Wildman–Crippen LogP) is 3.32. The van der Waals surface area contributed by atoms with E-state index in [9.17, 15) is 0 Å². The Balaban J connectivity index is 1.56. The second kappa shape index (κ2) is 5.70. The molecule has 3 heteroatoms. The predicted molar refractivity (Wildman–Crippen MR) is 83.5 cm³/mol. The van der Waals surface area contributed by atoms with Gasteiger partial charge in [0.15, 0.2) is 0 Å². The lowest BCUT2D eigenvalue weighted by atomic mass is 10.1. The van der Waals surface area contributed by atoms with Gasteiger partial charge in [-0.1, -0.05) is 30.3 Å². The molecule has 1 saturated carbocycles. The summed E-state index contributed by atoms with van der Waals surface area (Å²) >= 11 is 0. The van der Waals surface area contributed by atoms with E-state index in [2.05, 4.69) is 65.6 Å². The number of hydrogen-bond donors (Lipinski definition) is 1. The van der Waals surface area contributed by atoms with E-state index in [4.69, 9.17) is 0 Å². The minimum atomic E-state index is 0.284. The smallest absolute Gasteiger partial charge is 0.124 e. The molecule has 0 aromatic heterocycles. The molecule has 1 aliphatic heterocycles. The van der Waals surface area contributed by atoms with Crippen LogP contribution in [0.3, 0.4) is 0 Å². The first-order valence-corrected chi connectivity index (χ1v) is 7.54. The van der Waals surface area contributed by atoms with Crippen LogP contribution in [0.4, 0.5) is 0 Å². The monoisotopic (exact) mass is 269 g/mol. The standard InChI is InChI=1S/C17H23N3/c1-13(15-6-4-3-5-7-15)19-17-10-11-20(12-18-17)14(2)16-8-9-16/h3-7,10-11,13-14,16H,8-9,12H2,1-2H3,(H,18,19). The van der Waals surface area contributed by atoms with Crippen LogP contribution in [0.15, 0.2) is 47.6 Å². The van der Waals surface area contributed by atoms with Gasteiger partial charge in [-0.3, -0.25) is 0 Å². The molecule has 3 nitrogen and oxygen atoms in total. The van der Waals surface area contributed by atoms with Crippen molar-refractivity contribution in [2.24, 2.45) is 10.9 Å². The SMILES string of the molecule is CC(NC1=NCN(C(C)C2CC2)C=C1)c1ccccc1. The quantitative estimate of drug-likeness (QED) is 0.908. The Hall–Kier alpha value is -1.77. The molecule has 1 heterocycles. The largest absolute Gasteiger partial charge is 0.364 e. The Labute approximate surface area is 121 Å². The number of aliphatic imine (C=N–C) groups is 1. The van der Waals surface area contributed by atoms with Crippen LogP contribution in [0.25, 0.3) is 0 Å². The first-order valence-electron chi connectivity index (χ1n) is 7.54. The van der Waals surface area contributed by atoms with Crippen molar-refractivity contribution in [3.63, 3.8) is 0 Å². The zero-order valence-corrected chi connectivity index (χ0v) is 12.3. The Bertz CT molecular complexity index is 502. The van der Waals surface area contributed by atoms with Crippen LogP contribution in [-0.2, 0) is 0 Å². The molecule has 2 unspecified atom stereocenters. The van der Waals surface area contributed by atoms with Gasteiger partial charge >= 0.3 is 0 Å². The van der Waals surface area contributed by atoms with Gasteiger partial charge in [-0.15, -0.1) is 0 Å². The lowest BCUT2D eigenvalue weighted by molar-refractivity contribution is 0.272. The summed E-state index contributed by atoms with van der Waals surface area (Å²) in [5.74, 6) is 1.87. The Morgan fingerprint density at radius 3 is 2.55 bits per heavy atom. The van der Waals surface area contributed by atoms with Gasteiger partial charge in [0.1, 0.15) is 12.5 Å². The molecule has 2 atom stereocenters. The molecule has 0 radical (unpaired) electrons. The molecular weight excluding hydrogens is 246 g/mol. The second-order valence-corrected chi connectivity index (χ2v) is 5.87. The molecule has 0 spiro atoms. The van der Waals surface area contributed by atoms with Gasteiger partial charge in [0.25, 0.3) is 0 Å². The van der Waals surface area contributed by atoms with Gasteiger partial charge in [-0.25, -0.2) is 4.99 Å². The van der Waals surface area contributed by atoms with Gasteiger partial charge in [0.2, 0.25) is 0 Å². The molecule has 1 N–H and O–H groups in total. The minimum absolute atomic E-state index is 0.284. The van der Waals surface area contributed by atoms with E-state index in [1.54, 1.807) is 0 Å². The van der Waals surface area contributed by atoms with Crippen LogP contribution in [0.2, 0.25) is 0 Å². The topological polar surface area (TPSA) is 27.6 Å². The summed E-state index contributed by atoms with van der Waals surface area (Å²) in [5, 5.41) is 3.48. The molecule has 2 aliphatic rings. The van der Waals surface area contributed by atoms with Crippen LogP contribution in [-0.4, -0.2) is 23.4 Å². The highest BCUT2D eigenvalue weighted by Crippen LogP contribution is 2.35. The van der Waals surface area contributed by atoms with E-state index >= 15 is 0 Å². The molecule has 1 aromatic rings. The second-order valence-electron chi connectivity index (χ2n) is 5.87. The van der Waals surface area contributed by atoms with E-state index in [1.807, 2.05) is 6.07 Å². The molecule has 0 amide bonds. The van der Waals surface area contributed by atoms with E-state index in [-0.39, 0.29) is 6.04 Å². The van der Waals surface area contributed by atoms with Gasteiger partial charge in [0, 0.05) is 18.3 Å². The van der Waals surface area contributed by atoms with Crippen molar-refractivity contribution >= 4 is 5.84 Å². The summed E-state index contributed by atoms with van der Waals surface area (Å²) in [6, 6.07) is 11.4. The molecule has 20 heavy (non-hydrogen) atoms. The summed E-state index contributed by atoms with van der Waals surface area (Å²) in [4.78, 5) is 7.00. The molecule has 1 aliphatic carbocycles. The molecule has 1 aromatic carbocycles. The number of rotatable bonds is 4. The number of nitrogens with zero attached hydrogens (tertiary/aromatic N) is 2. The highest BCUT2D eigenvalue weighted by Gasteiger charge is 2.31. The first-order chi connectivity index (χ1) is 9.74. The van der Waals surface area contributed by atoms with E-state index in [0.29, 0.717) is 6.04 Å². The fourth-order valence-corrected chi connectivity index (χ4v) is 2.68. The molecule has 3 rings (SSSR count). The number of amidine groups is 1. The van der Waals surface area contributed by atoms with Crippen LogP contribution >= 0.6 is 0 Å². The van der Waals surface area contributed by atoms with Crippen molar-refractivity contribution < 1.29 is 0 Å². The average molecular weight is 269 g/mol. The summed E-state index contributed by atoms with van der Waals surface area (Å²) in [5.41, 5.74) is 1.29. The average Bonchev–Trinajstić information content (AvgIpc) is 3.33. The number of nitrogens with one attached hydrogen (secondary N) is 1. The van der Waals surface area contributed by atoms with Crippen LogP contribution in [0, 0.1) is 5.92 Å². The maximum absolute atomic E-state index is 4.65. The zero-order valence-electron chi connectivity index (χ0n) is 12.3. The molecule has 1 fully saturated rings. The molecule has 106 valence electrons.